The molecule has 0 saturated carbocycles. The maximum Gasteiger partial charge on any atom is 0.237 e. The lowest BCUT2D eigenvalue weighted by atomic mass is 10.0. The number of carbonyl (C=O) groups is 1. The van der Waals surface area contributed by atoms with Crippen molar-refractivity contribution in [1.82, 2.24) is 15.1 Å². The van der Waals surface area contributed by atoms with Crippen LogP contribution >= 0.6 is 0 Å². The number of nitrogens with one attached hydrogen (secondary N) is 1. The first-order chi connectivity index (χ1) is 11.1. The summed E-state index contributed by atoms with van der Waals surface area (Å²) in [5.41, 5.74) is 1.20. The highest BCUT2D eigenvalue weighted by molar-refractivity contribution is 5.81. The van der Waals surface area contributed by atoms with Crippen molar-refractivity contribution in [3.8, 4) is 0 Å². The Hall–Kier alpha value is -1.39. The number of carbonyl (C=O) groups excluding carboxylic acids is 1. The lowest BCUT2D eigenvalue weighted by Gasteiger charge is -2.29. The summed E-state index contributed by atoms with van der Waals surface area (Å²) in [6.07, 6.45) is 3.17. The van der Waals surface area contributed by atoms with Gasteiger partial charge in [-0.05, 0) is 38.9 Å². The van der Waals surface area contributed by atoms with Crippen LogP contribution in [0, 0.1) is 0 Å². The van der Waals surface area contributed by atoms with Crippen LogP contribution in [-0.4, -0.2) is 55.0 Å². The Morgan fingerprint density at radius 3 is 2.61 bits per heavy atom. The highest BCUT2D eigenvalue weighted by atomic mass is 16.2. The summed E-state index contributed by atoms with van der Waals surface area (Å²) in [6, 6.07) is 10.4. The van der Waals surface area contributed by atoms with Crippen LogP contribution in [-0.2, 0) is 4.79 Å². The molecule has 2 rings (SSSR count). The molecule has 0 unspecified atom stereocenters. The fraction of sp³-hybridized carbons (Fsp3) is 0.632. The van der Waals surface area contributed by atoms with Gasteiger partial charge in [-0.1, -0.05) is 43.7 Å². The quantitative estimate of drug-likeness (QED) is 0.876. The van der Waals surface area contributed by atoms with Crippen LogP contribution in [0.15, 0.2) is 30.3 Å². The van der Waals surface area contributed by atoms with Gasteiger partial charge in [-0.15, -0.1) is 0 Å². The number of hydrogen-bond acceptors (Lipinski definition) is 3. The predicted molar refractivity (Wildman–Crippen MR) is 95.4 cm³/mol. The zero-order valence-corrected chi connectivity index (χ0v) is 14.8. The molecule has 1 fully saturated rings. The van der Waals surface area contributed by atoms with Crippen molar-refractivity contribution in [3.05, 3.63) is 35.9 Å². The van der Waals surface area contributed by atoms with Gasteiger partial charge in [-0.25, -0.2) is 0 Å². The van der Waals surface area contributed by atoms with Crippen molar-refractivity contribution in [2.45, 2.75) is 45.2 Å². The molecule has 1 amide bonds. The Balaban J connectivity index is 1.97. The summed E-state index contributed by atoms with van der Waals surface area (Å²) in [5, 5.41) is 3.27. The van der Waals surface area contributed by atoms with Gasteiger partial charge in [-0.3, -0.25) is 9.69 Å². The number of hydrogen-bond donors (Lipinski definition) is 1. The average molecular weight is 317 g/mol. The SMILES string of the molecule is CCC[C@H](NC(=O)[C@H](C)N1CCCN(C)CC1)c1ccccc1. The van der Waals surface area contributed by atoms with Crippen LogP contribution in [0.4, 0.5) is 0 Å². The molecule has 1 aliphatic heterocycles. The zero-order chi connectivity index (χ0) is 16.7. The van der Waals surface area contributed by atoms with Gasteiger partial charge in [0.05, 0.1) is 12.1 Å². The van der Waals surface area contributed by atoms with Gasteiger partial charge in [0.1, 0.15) is 0 Å². The molecule has 0 aromatic heterocycles. The van der Waals surface area contributed by atoms with Crippen molar-refractivity contribution in [3.63, 3.8) is 0 Å². The minimum atomic E-state index is -0.0652. The topological polar surface area (TPSA) is 35.6 Å². The van der Waals surface area contributed by atoms with E-state index in [4.69, 9.17) is 0 Å². The van der Waals surface area contributed by atoms with Crippen LogP contribution in [0.5, 0.6) is 0 Å². The van der Waals surface area contributed by atoms with Crippen molar-refractivity contribution >= 4 is 5.91 Å². The van der Waals surface area contributed by atoms with Gasteiger partial charge in [0.2, 0.25) is 5.91 Å². The maximum atomic E-state index is 12.7. The van der Waals surface area contributed by atoms with Crippen LogP contribution in [0.2, 0.25) is 0 Å². The number of nitrogens with zero attached hydrogens (tertiary/aromatic N) is 2. The summed E-state index contributed by atoms with van der Waals surface area (Å²) in [7, 11) is 2.15. The molecule has 128 valence electrons. The van der Waals surface area contributed by atoms with Gasteiger partial charge in [0.25, 0.3) is 0 Å². The Kier molecular flexibility index (Phi) is 7.06. The first-order valence-corrected chi connectivity index (χ1v) is 8.89. The van der Waals surface area contributed by atoms with Crippen LogP contribution in [0.1, 0.15) is 44.7 Å². The third-order valence-electron chi connectivity index (χ3n) is 4.78. The molecular formula is C19H31N3O. The third-order valence-corrected chi connectivity index (χ3v) is 4.78. The van der Waals surface area contributed by atoms with E-state index in [2.05, 4.69) is 41.2 Å². The molecule has 2 atom stereocenters. The van der Waals surface area contributed by atoms with Gasteiger partial charge in [-0.2, -0.15) is 0 Å². The largest absolute Gasteiger partial charge is 0.348 e. The minimum Gasteiger partial charge on any atom is -0.348 e. The second kappa shape index (κ2) is 9.04. The predicted octanol–water partition coefficient (Wildman–Crippen LogP) is 2.67. The molecule has 0 aliphatic carbocycles. The average Bonchev–Trinajstić information content (AvgIpc) is 2.79. The second-order valence-electron chi connectivity index (χ2n) is 6.63. The van der Waals surface area contributed by atoms with E-state index >= 15 is 0 Å². The normalized spacial score (nSPS) is 19.8. The van der Waals surface area contributed by atoms with E-state index < -0.39 is 0 Å². The van der Waals surface area contributed by atoms with Gasteiger partial charge >= 0.3 is 0 Å². The maximum absolute atomic E-state index is 12.7. The molecule has 1 aromatic rings. The molecule has 0 spiro atoms. The highest BCUT2D eigenvalue weighted by Gasteiger charge is 2.25. The standard InChI is InChI=1S/C19H31N3O/c1-4-9-18(17-10-6-5-7-11-17)20-19(23)16(2)22-13-8-12-21(3)14-15-22/h5-7,10-11,16,18H,4,8-9,12-15H2,1-3H3,(H,20,23)/t16-,18-/m0/s1. The molecule has 4 heteroatoms. The van der Waals surface area contributed by atoms with E-state index in [-0.39, 0.29) is 18.0 Å². The summed E-state index contributed by atoms with van der Waals surface area (Å²) in [6.45, 7) is 8.32. The fourth-order valence-corrected chi connectivity index (χ4v) is 3.21. The van der Waals surface area contributed by atoms with Crippen LogP contribution < -0.4 is 5.32 Å². The van der Waals surface area contributed by atoms with Crippen LogP contribution in [0.25, 0.3) is 0 Å². The van der Waals surface area contributed by atoms with E-state index in [1.807, 2.05) is 25.1 Å². The second-order valence-corrected chi connectivity index (χ2v) is 6.63. The summed E-state index contributed by atoms with van der Waals surface area (Å²) < 4.78 is 0. The Labute approximate surface area is 140 Å². The van der Waals surface area contributed by atoms with Crippen molar-refractivity contribution in [2.75, 3.05) is 33.2 Å². The molecule has 1 N–H and O–H groups in total. The first-order valence-electron chi connectivity index (χ1n) is 8.89. The van der Waals surface area contributed by atoms with E-state index in [0.29, 0.717) is 0 Å². The summed E-state index contributed by atoms with van der Waals surface area (Å²) in [4.78, 5) is 17.4. The molecule has 0 bridgehead atoms. The number of likely N-dealkylation sites (N-methyl/N-ethyl adjacent to an activating group) is 1. The monoisotopic (exact) mass is 317 g/mol. The minimum absolute atomic E-state index is 0.0652. The van der Waals surface area contributed by atoms with Crippen molar-refractivity contribution in [2.24, 2.45) is 0 Å². The first kappa shape index (κ1) is 18.0. The zero-order valence-electron chi connectivity index (χ0n) is 14.8. The Bertz CT molecular complexity index is 477. The molecular weight excluding hydrogens is 286 g/mol. The van der Waals surface area contributed by atoms with Gasteiger partial charge < -0.3 is 10.2 Å². The highest BCUT2D eigenvalue weighted by Crippen LogP contribution is 2.19. The van der Waals surface area contributed by atoms with E-state index in [9.17, 15) is 4.79 Å². The smallest absolute Gasteiger partial charge is 0.237 e. The number of benzene rings is 1. The molecule has 0 radical (unpaired) electrons. The Morgan fingerprint density at radius 2 is 1.91 bits per heavy atom. The molecule has 4 nitrogen and oxygen atoms in total. The lowest BCUT2D eigenvalue weighted by molar-refractivity contribution is -0.126. The third kappa shape index (κ3) is 5.33. The van der Waals surface area contributed by atoms with Gasteiger partial charge in [0, 0.05) is 19.6 Å². The fourth-order valence-electron chi connectivity index (χ4n) is 3.21. The molecule has 23 heavy (non-hydrogen) atoms. The Morgan fingerprint density at radius 1 is 1.17 bits per heavy atom. The van der Waals surface area contributed by atoms with Gasteiger partial charge in [0.15, 0.2) is 0 Å². The molecule has 1 saturated heterocycles. The number of rotatable bonds is 6. The van der Waals surface area contributed by atoms with Crippen molar-refractivity contribution < 1.29 is 4.79 Å². The molecule has 1 heterocycles. The summed E-state index contributed by atoms with van der Waals surface area (Å²) in [5.74, 6) is 0.150. The van der Waals surface area contributed by atoms with E-state index in [1.165, 1.54) is 5.56 Å². The molecule has 1 aliphatic rings. The van der Waals surface area contributed by atoms with E-state index in [0.717, 1.165) is 45.4 Å². The van der Waals surface area contributed by atoms with Crippen molar-refractivity contribution in [1.29, 1.82) is 0 Å². The molecule has 1 aromatic carbocycles. The lowest BCUT2D eigenvalue weighted by Crippen LogP contribution is -2.47. The van der Waals surface area contributed by atoms with Crippen LogP contribution in [0.3, 0.4) is 0 Å². The number of amides is 1. The summed E-state index contributed by atoms with van der Waals surface area (Å²) >= 11 is 0. The van der Waals surface area contributed by atoms with E-state index in [1.54, 1.807) is 0 Å².